The van der Waals surface area contributed by atoms with Gasteiger partial charge in [0.2, 0.25) is 11.8 Å². The fourth-order valence-corrected chi connectivity index (χ4v) is 2.10. The summed E-state index contributed by atoms with van der Waals surface area (Å²) in [6, 6.07) is 7.70. The first-order chi connectivity index (χ1) is 9.83. The van der Waals surface area contributed by atoms with Crippen LogP contribution in [-0.4, -0.2) is 28.9 Å². The number of aliphatic carboxylic acids is 1. The topological polar surface area (TPSA) is 95.5 Å². The number of amides is 2. The molecule has 3 N–H and O–H groups in total. The molecule has 0 saturated heterocycles. The van der Waals surface area contributed by atoms with Gasteiger partial charge in [0.05, 0.1) is 0 Å². The van der Waals surface area contributed by atoms with E-state index in [0.717, 1.165) is 0 Å². The van der Waals surface area contributed by atoms with E-state index >= 15 is 0 Å². The van der Waals surface area contributed by atoms with Crippen molar-refractivity contribution in [3.05, 3.63) is 35.9 Å². The molecule has 0 aromatic heterocycles. The van der Waals surface area contributed by atoms with Crippen molar-refractivity contribution in [2.45, 2.75) is 38.8 Å². The molecule has 0 bridgehead atoms. The van der Waals surface area contributed by atoms with Crippen LogP contribution in [0.5, 0.6) is 0 Å². The second-order valence-electron chi connectivity index (χ2n) is 4.84. The predicted molar refractivity (Wildman–Crippen MR) is 77.5 cm³/mol. The second-order valence-corrected chi connectivity index (χ2v) is 4.84. The first-order valence-electron chi connectivity index (χ1n) is 6.71. The number of hydrogen-bond donors (Lipinski definition) is 3. The van der Waals surface area contributed by atoms with Gasteiger partial charge in [-0.15, -0.1) is 0 Å². The zero-order chi connectivity index (χ0) is 16.0. The summed E-state index contributed by atoms with van der Waals surface area (Å²) in [6.45, 7) is 4.49. The number of rotatable bonds is 6. The molecule has 0 aliphatic carbocycles. The Hall–Kier alpha value is -2.37. The van der Waals surface area contributed by atoms with Gasteiger partial charge < -0.3 is 15.7 Å². The maximum atomic E-state index is 12.1. The Morgan fingerprint density at radius 1 is 1.24 bits per heavy atom. The van der Waals surface area contributed by atoms with Crippen LogP contribution in [0.1, 0.15) is 32.8 Å². The summed E-state index contributed by atoms with van der Waals surface area (Å²) >= 11 is 0. The van der Waals surface area contributed by atoms with E-state index in [4.69, 9.17) is 0 Å². The number of carbonyl (C=O) groups excluding carboxylic acids is 2. The van der Waals surface area contributed by atoms with E-state index in [1.54, 1.807) is 37.3 Å². The highest BCUT2D eigenvalue weighted by Crippen LogP contribution is 2.25. The van der Waals surface area contributed by atoms with Crippen molar-refractivity contribution in [1.82, 2.24) is 10.6 Å². The molecule has 0 fully saturated rings. The number of carbonyl (C=O) groups is 3. The van der Waals surface area contributed by atoms with Gasteiger partial charge in [-0.25, -0.2) is 4.79 Å². The third-order valence-corrected chi connectivity index (χ3v) is 3.31. The monoisotopic (exact) mass is 292 g/mol. The smallest absolute Gasteiger partial charge is 0.334 e. The first kappa shape index (κ1) is 16.7. The maximum absolute atomic E-state index is 12.1. The Balaban J connectivity index is 3.08. The minimum Gasteiger partial charge on any atom is -0.479 e. The molecular formula is C15H20N2O4. The van der Waals surface area contributed by atoms with E-state index in [1.165, 1.54) is 13.8 Å². The van der Waals surface area contributed by atoms with E-state index in [2.05, 4.69) is 10.6 Å². The summed E-state index contributed by atoms with van der Waals surface area (Å²) in [5.74, 6) is -2.03. The molecule has 0 aliphatic heterocycles. The van der Waals surface area contributed by atoms with Crippen molar-refractivity contribution in [1.29, 1.82) is 0 Å². The second kappa shape index (κ2) is 6.88. The third-order valence-electron chi connectivity index (χ3n) is 3.31. The number of carboxylic acids is 1. The minimum absolute atomic E-state index is 0.185. The van der Waals surface area contributed by atoms with Crippen LogP contribution >= 0.6 is 0 Å². The molecule has 1 aromatic rings. The van der Waals surface area contributed by atoms with E-state index in [-0.39, 0.29) is 12.3 Å². The van der Waals surface area contributed by atoms with Gasteiger partial charge in [0, 0.05) is 6.92 Å². The standard InChI is InChI=1S/C15H20N2O4/c1-4-15(14(20)21,12-8-6-5-7-9-12)17-13(19)10(2)16-11(3)18/h5-10H,4H2,1-3H3,(H,16,18)(H,17,19)(H,20,21). The fraction of sp³-hybridized carbons (Fsp3) is 0.400. The van der Waals surface area contributed by atoms with Crippen LogP contribution < -0.4 is 10.6 Å². The average molecular weight is 292 g/mol. The summed E-state index contributed by atoms with van der Waals surface area (Å²) in [5.41, 5.74) is -1.02. The van der Waals surface area contributed by atoms with Gasteiger partial charge in [-0.05, 0) is 18.9 Å². The van der Waals surface area contributed by atoms with Crippen LogP contribution in [0.3, 0.4) is 0 Å². The van der Waals surface area contributed by atoms with Crippen LogP contribution in [0, 0.1) is 0 Å². The van der Waals surface area contributed by atoms with Crippen LogP contribution in [0.4, 0.5) is 0 Å². The lowest BCUT2D eigenvalue weighted by atomic mass is 9.87. The van der Waals surface area contributed by atoms with Gasteiger partial charge in [0.25, 0.3) is 0 Å². The summed E-state index contributed by atoms with van der Waals surface area (Å²) in [6.07, 6.45) is 0.185. The van der Waals surface area contributed by atoms with E-state index < -0.39 is 23.5 Å². The maximum Gasteiger partial charge on any atom is 0.334 e. The van der Waals surface area contributed by atoms with Gasteiger partial charge in [-0.2, -0.15) is 0 Å². The molecule has 0 radical (unpaired) electrons. The molecule has 1 rings (SSSR count). The Labute approximate surface area is 123 Å². The SMILES string of the molecule is CCC(NC(=O)C(C)NC(C)=O)(C(=O)O)c1ccccc1. The minimum atomic E-state index is -1.51. The molecule has 0 spiro atoms. The van der Waals surface area contributed by atoms with Crippen LogP contribution in [0.15, 0.2) is 30.3 Å². The van der Waals surface area contributed by atoms with E-state index in [9.17, 15) is 19.5 Å². The van der Waals surface area contributed by atoms with Gasteiger partial charge in [-0.1, -0.05) is 37.3 Å². The summed E-state index contributed by atoms with van der Waals surface area (Å²) < 4.78 is 0. The molecule has 6 nitrogen and oxygen atoms in total. The molecule has 0 aliphatic rings. The number of nitrogens with one attached hydrogen (secondary N) is 2. The number of benzene rings is 1. The van der Waals surface area contributed by atoms with E-state index in [1.807, 2.05) is 0 Å². The zero-order valence-electron chi connectivity index (χ0n) is 12.3. The van der Waals surface area contributed by atoms with Crippen molar-refractivity contribution in [2.75, 3.05) is 0 Å². The molecule has 2 unspecified atom stereocenters. The van der Waals surface area contributed by atoms with Crippen LogP contribution in [0.2, 0.25) is 0 Å². The number of hydrogen-bond acceptors (Lipinski definition) is 3. The molecule has 2 atom stereocenters. The first-order valence-corrected chi connectivity index (χ1v) is 6.71. The van der Waals surface area contributed by atoms with Crippen molar-refractivity contribution < 1.29 is 19.5 Å². The highest BCUT2D eigenvalue weighted by Gasteiger charge is 2.41. The molecule has 0 heterocycles. The zero-order valence-corrected chi connectivity index (χ0v) is 12.3. The highest BCUT2D eigenvalue weighted by molar-refractivity contribution is 5.92. The molecule has 114 valence electrons. The molecule has 0 saturated carbocycles. The Morgan fingerprint density at radius 2 is 1.81 bits per heavy atom. The van der Waals surface area contributed by atoms with Gasteiger partial charge in [-0.3, -0.25) is 9.59 Å². The molecule has 21 heavy (non-hydrogen) atoms. The Kier molecular flexibility index (Phi) is 5.46. The fourth-order valence-electron chi connectivity index (χ4n) is 2.10. The van der Waals surface area contributed by atoms with Crippen molar-refractivity contribution >= 4 is 17.8 Å². The lowest BCUT2D eigenvalue weighted by Crippen LogP contribution is -2.56. The van der Waals surface area contributed by atoms with Gasteiger partial charge in [0.1, 0.15) is 6.04 Å². The van der Waals surface area contributed by atoms with Crippen LogP contribution in [0.25, 0.3) is 0 Å². The lowest BCUT2D eigenvalue weighted by molar-refractivity contribution is -0.148. The lowest BCUT2D eigenvalue weighted by Gasteiger charge is -2.31. The van der Waals surface area contributed by atoms with Gasteiger partial charge in [0.15, 0.2) is 5.54 Å². The largest absolute Gasteiger partial charge is 0.479 e. The molecule has 2 amide bonds. The number of carboxylic acid groups (broad SMARTS) is 1. The molecular weight excluding hydrogens is 272 g/mol. The molecule has 6 heteroatoms. The van der Waals surface area contributed by atoms with Crippen molar-refractivity contribution in [3.63, 3.8) is 0 Å². The average Bonchev–Trinajstić information content (AvgIpc) is 2.44. The van der Waals surface area contributed by atoms with Crippen molar-refractivity contribution in [3.8, 4) is 0 Å². The summed E-state index contributed by atoms with van der Waals surface area (Å²) in [5, 5.41) is 14.6. The Bertz CT molecular complexity index is 530. The quantitative estimate of drug-likeness (QED) is 0.729. The van der Waals surface area contributed by atoms with Crippen LogP contribution in [-0.2, 0) is 19.9 Å². The summed E-state index contributed by atoms with van der Waals surface area (Å²) in [7, 11) is 0. The van der Waals surface area contributed by atoms with E-state index in [0.29, 0.717) is 5.56 Å². The summed E-state index contributed by atoms with van der Waals surface area (Å²) in [4.78, 5) is 34.9. The molecule has 1 aromatic carbocycles. The van der Waals surface area contributed by atoms with Gasteiger partial charge >= 0.3 is 5.97 Å². The highest BCUT2D eigenvalue weighted by atomic mass is 16.4. The third kappa shape index (κ3) is 3.81. The van der Waals surface area contributed by atoms with Crippen molar-refractivity contribution in [2.24, 2.45) is 0 Å². The normalized spacial score (nSPS) is 14.6. The Morgan fingerprint density at radius 3 is 2.24 bits per heavy atom. The predicted octanol–water partition coefficient (Wildman–Crippen LogP) is 1.02.